The second-order valence-electron chi connectivity index (χ2n) is 18.4. The molecule has 4 heterocycles. The van der Waals surface area contributed by atoms with Crippen LogP contribution in [0.3, 0.4) is 0 Å². The van der Waals surface area contributed by atoms with Crippen LogP contribution in [0.25, 0.3) is 75.4 Å². The minimum Gasteiger partial charge on any atom is -0.374 e. The minimum atomic E-state index is -0.148. The van der Waals surface area contributed by atoms with E-state index in [4.69, 9.17) is 0 Å². The number of para-hydroxylation sites is 1. The van der Waals surface area contributed by atoms with E-state index in [2.05, 4.69) is 202 Å². The molecule has 0 saturated carbocycles. The van der Waals surface area contributed by atoms with Gasteiger partial charge in [0.15, 0.2) is 0 Å². The highest BCUT2D eigenvalue weighted by atomic mass is 32.1. The van der Waals surface area contributed by atoms with Crippen molar-refractivity contribution in [3.8, 4) is 33.4 Å². The molecule has 4 heteroatoms. The number of hydrogen-bond acceptors (Lipinski definition) is 2. The van der Waals surface area contributed by atoms with Crippen LogP contribution in [0, 0.1) is 0 Å². The summed E-state index contributed by atoms with van der Waals surface area (Å²) in [5.74, 6) is 0. The van der Waals surface area contributed by atoms with E-state index in [9.17, 15) is 0 Å². The largest absolute Gasteiger partial charge is 0.374 e. The molecule has 8 aromatic carbocycles. The third-order valence-corrected chi connectivity index (χ3v) is 15.1. The van der Waals surface area contributed by atoms with Crippen LogP contribution in [-0.4, -0.2) is 11.3 Å². The lowest BCUT2D eigenvalue weighted by molar-refractivity contribution is 0.590. The van der Waals surface area contributed by atoms with Crippen LogP contribution in [0.5, 0.6) is 0 Å². The monoisotopic (exact) mass is 772 g/mol. The molecular weight excluding hydrogens is 731 g/mol. The van der Waals surface area contributed by atoms with Crippen molar-refractivity contribution in [1.82, 2.24) is 4.48 Å². The highest BCUT2D eigenvalue weighted by Crippen LogP contribution is 2.55. The number of fused-ring (bicyclic) bond motifs is 15. The summed E-state index contributed by atoms with van der Waals surface area (Å²) in [6.07, 6.45) is 0. The average molecular weight is 773 g/mol. The number of hydrogen-bond donors (Lipinski definition) is 0. The van der Waals surface area contributed by atoms with Crippen LogP contribution in [0.1, 0.15) is 51.3 Å². The Morgan fingerprint density at radius 3 is 2.07 bits per heavy atom. The first-order valence-electron chi connectivity index (χ1n) is 21.0. The van der Waals surface area contributed by atoms with Crippen molar-refractivity contribution >= 4 is 88.2 Å². The Balaban J connectivity index is 1.26. The van der Waals surface area contributed by atoms with Crippen LogP contribution < -0.4 is 15.8 Å². The number of rotatable bonds is 2. The van der Waals surface area contributed by atoms with Crippen molar-refractivity contribution in [2.75, 3.05) is 4.90 Å². The van der Waals surface area contributed by atoms with E-state index < -0.39 is 0 Å². The van der Waals surface area contributed by atoms with Gasteiger partial charge in [-0.15, -0.1) is 11.3 Å². The number of aromatic nitrogens is 1. The molecule has 0 N–H and O–H groups in total. The molecule has 59 heavy (non-hydrogen) atoms. The molecule has 0 amide bonds. The summed E-state index contributed by atoms with van der Waals surface area (Å²) in [5, 5.41) is 5.26. The van der Waals surface area contributed by atoms with Crippen molar-refractivity contribution in [3.63, 3.8) is 0 Å². The summed E-state index contributed by atoms with van der Waals surface area (Å²) in [7, 11) is 0. The zero-order valence-corrected chi connectivity index (χ0v) is 34.7. The van der Waals surface area contributed by atoms with Crippen LogP contribution >= 0.6 is 11.3 Å². The summed E-state index contributed by atoms with van der Waals surface area (Å²) >= 11 is 1.94. The number of benzene rings is 8. The SMILES string of the molecule is CC(C)(C)c1ccc(N2c3ccc4c(c3B3c5c2cc2ccccc2c5-c2cccc5c6sc7ccccc7c6n3c25)-c2ccccc2C4(C)C)c(-c2ccccc2)c1. The maximum absolute atomic E-state index is 2.78. The van der Waals surface area contributed by atoms with Crippen molar-refractivity contribution in [1.29, 1.82) is 0 Å². The topological polar surface area (TPSA) is 8.17 Å². The molecule has 280 valence electrons. The molecule has 2 aromatic heterocycles. The quantitative estimate of drug-likeness (QED) is 0.159. The summed E-state index contributed by atoms with van der Waals surface area (Å²) < 4.78 is 5.50. The number of anilines is 3. The average Bonchev–Trinajstić information content (AvgIpc) is 3.87. The standard InChI is InChI=1S/C55H41BN2S/c1-54(2,3)34-26-28-43(40(31-34)32-16-7-6-8-17-32)57-44-29-27-42-48(36-20-11-13-24-41(36)55(42,4)5)49(44)56-50-45(57)30-33-18-9-10-19-35(33)47(50)38-22-15-23-39-51(38)58(56)52-37-21-12-14-25-46(37)59-53(39)52/h6-31H,1-5H3. The lowest BCUT2D eigenvalue weighted by atomic mass is 9.43. The highest BCUT2D eigenvalue weighted by molar-refractivity contribution is 7.27. The Morgan fingerprint density at radius 2 is 1.22 bits per heavy atom. The fourth-order valence-corrected chi connectivity index (χ4v) is 12.5. The Bertz CT molecular complexity index is 3470. The molecule has 2 aliphatic heterocycles. The van der Waals surface area contributed by atoms with Gasteiger partial charge >= 0.3 is 6.85 Å². The Kier molecular flexibility index (Phi) is 6.51. The third kappa shape index (κ3) is 4.27. The van der Waals surface area contributed by atoms with Crippen LogP contribution in [-0.2, 0) is 10.8 Å². The van der Waals surface area contributed by atoms with E-state index >= 15 is 0 Å². The third-order valence-electron chi connectivity index (χ3n) is 13.9. The van der Waals surface area contributed by atoms with Gasteiger partial charge < -0.3 is 9.38 Å². The normalized spacial score (nSPS) is 14.6. The van der Waals surface area contributed by atoms with Crippen molar-refractivity contribution < 1.29 is 0 Å². The summed E-state index contributed by atoms with van der Waals surface area (Å²) in [6.45, 7) is 11.8. The van der Waals surface area contributed by atoms with Crippen LogP contribution in [0.4, 0.5) is 17.1 Å². The lowest BCUT2D eigenvalue weighted by Gasteiger charge is -2.43. The van der Waals surface area contributed by atoms with Gasteiger partial charge in [0.25, 0.3) is 0 Å². The molecule has 10 aromatic rings. The van der Waals surface area contributed by atoms with Gasteiger partial charge in [-0.05, 0) is 96.4 Å². The smallest absolute Gasteiger partial charge is 0.333 e. The van der Waals surface area contributed by atoms with Crippen LogP contribution in [0.15, 0.2) is 158 Å². The molecule has 0 unspecified atom stereocenters. The van der Waals surface area contributed by atoms with Crippen molar-refractivity contribution in [2.24, 2.45) is 0 Å². The molecule has 3 aliphatic rings. The summed E-state index contributed by atoms with van der Waals surface area (Å²) in [4.78, 5) is 2.65. The molecule has 0 radical (unpaired) electrons. The predicted octanol–water partition coefficient (Wildman–Crippen LogP) is 13.9. The Hall–Kier alpha value is -6.36. The summed E-state index contributed by atoms with van der Waals surface area (Å²) in [6, 6.07) is 60.1. The summed E-state index contributed by atoms with van der Waals surface area (Å²) in [5.41, 5.74) is 21.1. The molecule has 13 rings (SSSR count). The lowest BCUT2D eigenvalue weighted by Crippen LogP contribution is -2.57. The van der Waals surface area contributed by atoms with Gasteiger partial charge in [0.2, 0.25) is 0 Å². The zero-order chi connectivity index (χ0) is 39.5. The molecule has 0 spiro atoms. The Morgan fingerprint density at radius 1 is 0.525 bits per heavy atom. The second kappa shape index (κ2) is 11.4. The van der Waals surface area contributed by atoms with Crippen molar-refractivity contribution in [2.45, 2.75) is 45.4 Å². The molecule has 0 saturated heterocycles. The zero-order valence-electron chi connectivity index (χ0n) is 33.9. The molecular formula is C55H41BN2S. The molecule has 0 fully saturated rings. The first-order chi connectivity index (χ1) is 28.7. The maximum atomic E-state index is 2.78. The first kappa shape index (κ1) is 33.6. The fraction of sp³-hybridized carbons (Fsp3) is 0.127. The van der Waals surface area contributed by atoms with E-state index in [1.54, 1.807) is 0 Å². The van der Waals surface area contributed by atoms with Crippen molar-refractivity contribution in [3.05, 3.63) is 174 Å². The van der Waals surface area contributed by atoms with Gasteiger partial charge in [0.05, 0.1) is 15.9 Å². The number of thiophene rings is 1. The predicted molar refractivity (Wildman–Crippen MR) is 255 cm³/mol. The van der Waals surface area contributed by atoms with E-state index in [0.717, 1.165) is 0 Å². The van der Waals surface area contributed by atoms with Gasteiger partial charge in [-0.25, -0.2) is 0 Å². The van der Waals surface area contributed by atoms with Crippen LogP contribution in [0.2, 0.25) is 0 Å². The van der Waals surface area contributed by atoms with E-state index in [1.165, 1.54) is 120 Å². The highest BCUT2D eigenvalue weighted by Gasteiger charge is 2.48. The molecule has 1 aliphatic carbocycles. The van der Waals surface area contributed by atoms with Gasteiger partial charge in [-0.2, -0.15) is 0 Å². The van der Waals surface area contributed by atoms with E-state index in [0.29, 0.717) is 0 Å². The first-order valence-corrected chi connectivity index (χ1v) is 21.8. The van der Waals surface area contributed by atoms with Gasteiger partial charge in [-0.1, -0.05) is 162 Å². The van der Waals surface area contributed by atoms with Gasteiger partial charge in [-0.3, -0.25) is 0 Å². The van der Waals surface area contributed by atoms with Gasteiger partial charge in [0, 0.05) is 48.9 Å². The number of nitrogens with zero attached hydrogens (tertiary/aromatic N) is 2. The molecule has 2 nitrogen and oxygen atoms in total. The Labute approximate surface area is 349 Å². The maximum Gasteiger partial charge on any atom is 0.333 e. The van der Waals surface area contributed by atoms with E-state index in [1.807, 2.05) is 11.3 Å². The fourth-order valence-electron chi connectivity index (χ4n) is 11.2. The molecule has 0 atom stereocenters. The van der Waals surface area contributed by atoms with Gasteiger partial charge in [0.1, 0.15) is 0 Å². The molecule has 0 bridgehead atoms. The minimum absolute atomic E-state index is 0.0105. The van der Waals surface area contributed by atoms with E-state index in [-0.39, 0.29) is 17.7 Å². The second-order valence-corrected chi connectivity index (χ2v) is 19.5.